The van der Waals surface area contributed by atoms with Crippen LogP contribution in [-0.2, 0) is 4.74 Å². The van der Waals surface area contributed by atoms with Crippen LogP contribution in [0.25, 0.3) is 0 Å². The maximum atomic E-state index is 12.1. The fraction of sp³-hybridized carbons (Fsp3) is 0.133. The summed E-state index contributed by atoms with van der Waals surface area (Å²) in [6.45, 7) is 1.54. The van der Waals surface area contributed by atoms with Gasteiger partial charge in [-0.3, -0.25) is 4.79 Å². The molecule has 5 heteroatoms. The number of pyridine rings is 1. The highest BCUT2D eigenvalue weighted by atomic mass is 35.5. The van der Waals surface area contributed by atoms with Crippen LogP contribution in [0.2, 0.25) is 5.15 Å². The number of esters is 1. The summed E-state index contributed by atoms with van der Waals surface area (Å²) >= 11 is 5.64. The molecule has 0 bridgehead atoms. The molecule has 0 amide bonds. The van der Waals surface area contributed by atoms with Crippen molar-refractivity contribution in [3.8, 4) is 0 Å². The lowest BCUT2D eigenvalue weighted by Crippen LogP contribution is -2.24. The third-order valence-electron chi connectivity index (χ3n) is 2.67. The van der Waals surface area contributed by atoms with Crippen LogP contribution in [0.1, 0.15) is 27.6 Å². The number of rotatable bonds is 4. The Morgan fingerprint density at radius 2 is 1.80 bits per heavy atom. The third kappa shape index (κ3) is 3.42. The summed E-state index contributed by atoms with van der Waals surface area (Å²) in [6, 6.07) is 11.7. The lowest BCUT2D eigenvalue weighted by molar-refractivity contribution is 0.0318. The molecule has 0 spiro atoms. The minimum atomic E-state index is -0.861. The van der Waals surface area contributed by atoms with E-state index in [1.165, 1.54) is 25.3 Å². The van der Waals surface area contributed by atoms with Gasteiger partial charge in [-0.2, -0.15) is 0 Å². The smallest absolute Gasteiger partial charge is 0.340 e. The number of Topliss-reactive ketones (excluding diaryl/α,β-unsaturated/α-hetero) is 1. The molecule has 0 saturated carbocycles. The Morgan fingerprint density at radius 1 is 1.10 bits per heavy atom. The summed E-state index contributed by atoms with van der Waals surface area (Å²) in [4.78, 5) is 27.7. The number of aromatic nitrogens is 1. The van der Waals surface area contributed by atoms with E-state index >= 15 is 0 Å². The molecule has 0 radical (unpaired) electrons. The summed E-state index contributed by atoms with van der Waals surface area (Å²) in [6.07, 6.45) is 0.449. The monoisotopic (exact) mass is 289 g/mol. The van der Waals surface area contributed by atoms with Gasteiger partial charge in [-0.1, -0.05) is 41.9 Å². The van der Waals surface area contributed by atoms with Crippen molar-refractivity contribution in [2.24, 2.45) is 0 Å². The number of ether oxygens (including phenoxy) is 1. The number of nitrogens with zero attached hydrogens (tertiary/aromatic N) is 1. The normalized spacial score (nSPS) is 11.7. The van der Waals surface area contributed by atoms with Crippen LogP contribution >= 0.6 is 11.6 Å². The lowest BCUT2D eigenvalue weighted by Gasteiger charge is -2.12. The van der Waals surface area contributed by atoms with Crippen molar-refractivity contribution in [2.75, 3.05) is 0 Å². The van der Waals surface area contributed by atoms with Crippen LogP contribution in [0.4, 0.5) is 0 Å². The van der Waals surface area contributed by atoms with E-state index in [1.807, 2.05) is 6.07 Å². The number of hydrogen-bond acceptors (Lipinski definition) is 4. The summed E-state index contributed by atoms with van der Waals surface area (Å²) < 4.78 is 5.12. The van der Waals surface area contributed by atoms with Gasteiger partial charge in [0.25, 0.3) is 0 Å². The maximum absolute atomic E-state index is 12.1. The zero-order valence-corrected chi connectivity index (χ0v) is 11.5. The molecule has 4 nitrogen and oxygen atoms in total. The first-order valence-corrected chi connectivity index (χ1v) is 6.37. The van der Waals surface area contributed by atoms with Gasteiger partial charge in [0, 0.05) is 11.8 Å². The molecule has 0 fully saturated rings. The maximum Gasteiger partial charge on any atom is 0.340 e. The number of hydrogen-bond donors (Lipinski definition) is 0. The van der Waals surface area contributed by atoms with Crippen molar-refractivity contribution >= 4 is 23.4 Å². The Hall–Kier alpha value is -2.20. The average molecular weight is 290 g/mol. The predicted molar refractivity (Wildman–Crippen MR) is 74.9 cm³/mol. The Morgan fingerprint density at radius 3 is 2.40 bits per heavy atom. The molecule has 1 atom stereocenters. The molecule has 1 heterocycles. The number of ketones is 1. The van der Waals surface area contributed by atoms with E-state index in [4.69, 9.17) is 16.3 Å². The van der Waals surface area contributed by atoms with Crippen LogP contribution in [0.3, 0.4) is 0 Å². The number of halogens is 1. The minimum absolute atomic E-state index is 0.249. The van der Waals surface area contributed by atoms with Crippen molar-refractivity contribution in [1.82, 2.24) is 4.98 Å². The molecule has 0 aliphatic carbocycles. The fourth-order valence-corrected chi connectivity index (χ4v) is 1.73. The quantitative estimate of drug-likeness (QED) is 0.493. The van der Waals surface area contributed by atoms with Crippen LogP contribution in [0.15, 0.2) is 48.7 Å². The molecule has 20 heavy (non-hydrogen) atoms. The summed E-state index contributed by atoms with van der Waals surface area (Å²) in [5.41, 5.74) is 0.754. The molecule has 2 aromatic rings. The highest BCUT2D eigenvalue weighted by Crippen LogP contribution is 2.10. The van der Waals surface area contributed by atoms with Crippen LogP contribution in [-0.4, -0.2) is 22.8 Å². The largest absolute Gasteiger partial charge is 0.451 e. The topological polar surface area (TPSA) is 56.3 Å². The van der Waals surface area contributed by atoms with Crippen molar-refractivity contribution in [2.45, 2.75) is 13.0 Å². The predicted octanol–water partition coefficient (Wildman–Crippen LogP) is 3.16. The highest BCUT2D eigenvalue weighted by Gasteiger charge is 2.20. The molecule has 0 aliphatic rings. The Labute approximate surface area is 121 Å². The Balaban J connectivity index is 2.04. The van der Waals surface area contributed by atoms with Gasteiger partial charge in [-0.05, 0) is 19.1 Å². The number of carbonyl (C=O) groups excluding carboxylic acids is 2. The minimum Gasteiger partial charge on any atom is -0.451 e. The SMILES string of the molecule is CC(OC(=O)c1ccc(Cl)nc1)C(=O)c1ccccc1. The van der Waals surface area contributed by atoms with Gasteiger partial charge in [0.1, 0.15) is 5.15 Å². The first-order valence-electron chi connectivity index (χ1n) is 5.99. The fourth-order valence-electron chi connectivity index (χ4n) is 1.62. The van der Waals surface area contributed by atoms with Crippen molar-refractivity contribution in [3.05, 3.63) is 64.9 Å². The molecule has 0 aliphatic heterocycles. The van der Waals surface area contributed by atoms with Gasteiger partial charge in [0.2, 0.25) is 5.78 Å². The average Bonchev–Trinajstić information content (AvgIpc) is 2.48. The van der Waals surface area contributed by atoms with Gasteiger partial charge < -0.3 is 4.74 Å². The molecule has 1 aromatic carbocycles. The van der Waals surface area contributed by atoms with E-state index in [9.17, 15) is 9.59 Å². The van der Waals surface area contributed by atoms with Gasteiger partial charge in [0.15, 0.2) is 6.10 Å². The number of benzene rings is 1. The third-order valence-corrected chi connectivity index (χ3v) is 2.90. The number of carbonyl (C=O) groups is 2. The van der Waals surface area contributed by atoms with Gasteiger partial charge in [-0.25, -0.2) is 9.78 Å². The zero-order valence-electron chi connectivity index (χ0n) is 10.7. The van der Waals surface area contributed by atoms with E-state index < -0.39 is 12.1 Å². The van der Waals surface area contributed by atoms with Crippen LogP contribution < -0.4 is 0 Å². The first-order chi connectivity index (χ1) is 9.58. The molecular weight excluding hydrogens is 278 g/mol. The van der Waals surface area contributed by atoms with Gasteiger partial charge >= 0.3 is 5.97 Å². The molecular formula is C15H12ClNO3. The second kappa shape index (κ2) is 6.30. The molecule has 0 N–H and O–H groups in total. The molecule has 1 aromatic heterocycles. The van der Waals surface area contributed by atoms with Crippen LogP contribution in [0, 0.1) is 0 Å². The first kappa shape index (κ1) is 14.2. The van der Waals surface area contributed by atoms with Crippen LogP contribution in [0.5, 0.6) is 0 Å². The van der Waals surface area contributed by atoms with E-state index in [0.717, 1.165) is 0 Å². The van der Waals surface area contributed by atoms with Crippen molar-refractivity contribution < 1.29 is 14.3 Å². The van der Waals surface area contributed by atoms with E-state index in [0.29, 0.717) is 5.56 Å². The standard InChI is InChI=1S/C15H12ClNO3/c1-10(14(18)11-5-3-2-4-6-11)20-15(19)12-7-8-13(16)17-9-12/h2-10H,1H3. The van der Waals surface area contributed by atoms with Gasteiger partial charge in [0.05, 0.1) is 5.56 Å². The molecule has 2 rings (SSSR count). The van der Waals surface area contributed by atoms with E-state index in [1.54, 1.807) is 24.3 Å². The highest BCUT2D eigenvalue weighted by molar-refractivity contribution is 6.29. The van der Waals surface area contributed by atoms with Crippen molar-refractivity contribution in [3.63, 3.8) is 0 Å². The molecule has 1 unspecified atom stereocenters. The summed E-state index contributed by atoms with van der Waals surface area (Å²) in [5, 5.41) is 0.287. The molecule has 0 saturated heterocycles. The van der Waals surface area contributed by atoms with Gasteiger partial charge in [-0.15, -0.1) is 0 Å². The van der Waals surface area contributed by atoms with E-state index in [-0.39, 0.29) is 16.5 Å². The summed E-state index contributed by atoms with van der Waals surface area (Å²) in [5.74, 6) is -0.855. The Bertz CT molecular complexity index is 611. The van der Waals surface area contributed by atoms with E-state index in [2.05, 4.69) is 4.98 Å². The Kier molecular flexibility index (Phi) is 4.48. The summed E-state index contributed by atoms with van der Waals surface area (Å²) in [7, 11) is 0. The van der Waals surface area contributed by atoms with Crippen molar-refractivity contribution in [1.29, 1.82) is 0 Å². The second-order valence-electron chi connectivity index (χ2n) is 4.15. The lowest BCUT2D eigenvalue weighted by atomic mass is 10.1. The zero-order chi connectivity index (χ0) is 14.5. The second-order valence-corrected chi connectivity index (χ2v) is 4.53. The molecule has 102 valence electrons.